The fraction of sp³-hybridized carbons (Fsp3) is 0.294. The molecule has 3 rings (SSSR count). The van der Waals surface area contributed by atoms with E-state index in [-0.39, 0.29) is 6.04 Å². The van der Waals surface area contributed by atoms with Gasteiger partial charge in [0.1, 0.15) is 0 Å². The average Bonchev–Trinajstić information content (AvgIpc) is 2.48. The van der Waals surface area contributed by atoms with Gasteiger partial charge < -0.3 is 5.73 Å². The van der Waals surface area contributed by atoms with Crippen LogP contribution in [0.1, 0.15) is 29.2 Å². The second kappa shape index (κ2) is 6.00. The van der Waals surface area contributed by atoms with Crippen molar-refractivity contribution in [3.63, 3.8) is 0 Å². The third kappa shape index (κ3) is 2.85. The molecule has 0 bridgehead atoms. The van der Waals surface area contributed by atoms with Gasteiger partial charge in [-0.15, -0.1) is 0 Å². The maximum Gasteiger partial charge on any atom is 0.0338 e. The van der Waals surface area contributed by atoms with Crippen molar-refractivity contribution >= 4 is 31.9 Å². The number of hydrogen-bond acceptors (Lipinski definition) is 1. The molecule has 0 amide bonds. The maximum absolute atomic E-state index is 6.55. The summed E-state index contributed by atoms with van der Waals surface area (Å²) < 4.78 is 2.19. The molecule has 2 aromatic rings. The van der Waals surface area contributed by atoms with E-state index in [1.807, 2.05) is 6.07 Å². The molecule has 2 N–H and O–H groups in total. The van der Waals surface area contributed by atoms with Crippen molar-refractivity contribution in [1.82, 2.24) is 0 Å². The Balaban J connectivity index is 1.85. The van der Waals surface area contributed by atoms with E-state index in [4.69, 9.17) is 5.73 Å². The minimum atomic E-state index is 0.0789. The molecule has 0 aromatic heterocycles. The first-order valence-electron chi connectivity index (χ1n) is 6.92. The summed E-state index contributed by atoms with van der Waals surface area (Å²) in [6, 6.07) is 15.1. The smallest absolute Gasteiger partial charge is 0.0338 e. The molecule has 0 saturated carbocycles. The molecule has 3 heteroatoms. The second-order valence-corrected chi connectivity index (χ2v) is 7.23. The topological polar surface area (TPSA) is 26.0 Å². The monoisotopic (exact) mass is 393 g/mol. The highest BCUT2D eigenvalue weighted by molar-refractivity contribution is 9.11. The van der Waals surface area contributed by atoms with Gasteiger partial charge in [-0.3, -0.25) is 0 Å². The zero-order valence-electron chi connectivity index (χ0n) is 11.2. The second-order valence-electron chi connectivity index (χ2n) is 5.46. The molecule has 1 nitrogen and oxygen atoms in total. The van der Waals surface area contributed by atoms with Crippen molar-refractivity contribution in [3.05, 3.63) is 68.1 Å². The van der Waals surface area contributed by atoms with Crippen LogP contribution in [0.5, 0.6) is 0 Å². The summed E-state index contributed by atoms with van der Waals surface area (Å²) in [6.07, 6.45) is 3.38. The minimum absolute atomic E-state index is 0.0789. The molecule has 0 aliphatic heterocycles. The van der Waals surface area contributed by atoms with E-state index in [9.17, 15) is 0 Å². The van der Waals surface area contributed by atoms with E-state index in [0.717, 1.165) is 28.2 Å². The molecule has 2 aromatic carbocycles. The summed E-state index contributed by atoms with van der Waals surface area (Å²) in [5.41, 5.74) is 10.7. The Bertz CT molecular complexity index is 624. The summed E-state index contributed by atoms with van der Waals surface area (Å²) in [5.74, 6) is 0.510. The molecule has 0 fully saturated rings. The number of aryl methyl sites for hydroxylation is 1. The molecule has 2 unspecified atom stereocenters. The fourth-order valence-corrected chi connectivity index (χ4v) is 3.95. The Morgan fingerprint density at radius 2 is 1.80 bits per heavy atom. The van der Waals surface area contributed by atoms with E-state index >= 15 is 0 Å². The first-order chi connectivity index (χ1) is 9.65. The summed E-state index contributed by atoms with van der Waals surface area (Å²) >= 11 is 7.17. The van der Waals surface area contributed by atoms with Gasteiger partial charge in [-0.2, -0.15) is 0 Å². The van der Waals surface area contributed by atoms with Crippen LogP contribution in [-0.4, -0.2) is 0 Å². The standard InChI is InChI=1S/C17H17Br2N/c18-14-7-8-16(19)15(10-14)17(20)13-6-5-11-3-1-2-4-12(11)9-13/h1-4,7-8,10,13,17H,5-6,9,20H2. The van der Waals surface area contributed by atoms with Gasteiger partial charge in [0.05, 0.1) is 0 Å². The predicted molar refractivity (Wildman–Crippen MR) is 90.7 cm³/mol. The first-order valence-corrected chi connectivity index (χ1v) is 8.51. The molecule has 20 heavy (non-hydrogen) atoms. The first kappa shape index (κ1) is 14.3. The van der Waals surface area contributed by atoms with Crippen LogP contribution in [0.2, 0.25) is 0 Å². The third-order valence-electron chi connectivity index (χ3n) is 4.21. The van der Waals surface area contributed by atoms with Gasteiger partial charge in [-0.25, -0.2) is 0 Å². The fourth-order valence-electron chi connectivity index (χ4n) is 3.06. The predicted octanol–water partition coefficient (Wildman–Crippen LogP) is 5.02. The Labute approximate surface area is 136 Å². The van der Waals surface area contributed by atoms with Crippen LogP contribution < -0.4 is 5.73 Å². The lowest BCUT2D eigenvalue weighted by Crippen LogP contribution is -2.27. The van der Waals surface area contributed by atoms with Crippen LogP contribution >= 0.6 is 31.9 Å². The van der Waals surface area contributed by atoms with E-state index in [2.05, 4.69) is 68.3 Å². The number of fused-ring (bicyclic) bond motifs is 1. The highest BCUT2D eigenvalue weighted by atomic mass is 79.9. The SMILES string of the molecule is NC(c1cc(Br)ccc1Br)C1CCc2ccccc2C1. The average molecular weight is 395 g/mol. The Morgan fingerprint density at radius 1 is 1.05 bits per heavy atom. The number of rotatable bonds is 2. The molecule has 104 valence electrons. The normalized spacial score (nSPS) is 19.4. The van der Waals surface area contributed by atoms with Gasteiger partial charge in [0.15, 0.2) is 0 Å². The third-order valence-corrected chi connectivity index (χ3v) is 5.43. The molecule has 1 aliphatic rings. The Hall–Kier alpha value is -0.640. The lowest BCUT2D eigenvalue weighted by Gasteiger charge is -2.30. The largest absolute Gasteiger partial charge is 0.324 e. The Kier molecular flexibility index (Phi) is 4.29. The zero-order chi connectivity index (χ0) is 14.1. The van der Waals surface area contributed by atoms with E-state index in [1.165, 1.54) is 16.7 Å². The van der Waals surface area contributed by atoms with Crippen LogP contribution in [0.3, 0.4) is 0 Å². The maximum atomic E-state index is 6.55. The van der Waals surface area contributed by atoms with Gasteiger partial charge in [0.2, 0.25) is 0 Å². The summed E-state index contributed by atoms with van der Waals surface area (Å²) in [7, 11) is 0. The Morgan fingerprint density at radius 3 is 2.60 bits per heavy atom. The molecule has 0 radical (unpaired) electrons. The van der Waals surface area contributed by atoms with Crippen LogP contribution in [0.25, 0.3) is 0 Å². The quantitative estimate of drug-likeness (QED) is 0.760. The number of halogens is 2. The summed E-state index contributed by atoms with van der Waals surface area (Å²) in [6.45, 7) is 0. The lowest BCUT2D eigenvalue weighted by atomic mass is 9.78. The molecule has 0 spiro atoms. The van der Waals surface area contributed by atoms with E-state index < -0.39 is 0 Å². The highest BCUT2D eigenvalue weighted by Gasteiger charge is 2.26. The van der Waals surface area contributed by atoms with Crippen molar-refractivity contribution in [2.45, 2.75) is 25.3 Å². The van der Waals surface area contributed by atoms with Crippen LogP contribution in [0.15, 0.2) is 51.4 Å². The molecular formula is C17H17Br2N. The van der Waals surface area contributed by atoms with Crippen molar-refractivity contribution in [1.29, 1.82) is 0 Å². The minimum Gasteiger partial charge on any atom is -0.324 e. The molecule has 0 saturated heterocycles. The van der Waals surface area contributed by atoms with Crippen molar-refractivity contribution in [2.75, 3.05) is 0 Å². The van der Waals surface area contributed by atoms with E-state index in [1.54, 1.807) is 0 Å². The number of nitrogens with two attached hydrogens (primary N) is 1. The van der Waals surface area contributed by atoms with Gasteiger partial charge in [0.25, 0.3) is 0 Å². The molecule has 0 heterocycles. The van der Waals surface area contributed by atoms with Crippen molar-refractivity contribution in [2.24, 2.45) is 11.7 Å². The van der Waals surface area contributed by atoms with Gasteiger partial charge in [-0.05, 0) is 60.1 Å². The van der Waals surface area contributed by atoms with Crippen LogP contribution in [-0.2, 0) is 12.8 Å². The van der Waals surface area contributed by atoms with Crippen molar-refractivity contribution in [3.8, 4) is 0 Å². The van der Waals surface area contributed by atoms with Crippen LogP contribution in [0.4, 0.5) is 0 Å². The van der Waals surface area contributed by atoms with Gasteiger partial charge in [-0.1, -0.05) is 56.1 Å². The molecular weight excluding hydrogens is 378 g/mol. The number of hydrogen-bond donors (Lipinski definition) is 1. The zero-order valence-corrected chi connectivity index (χ0v) is 14.3. The van der Waals surface area contributed by atoms with Crippen LogP contribution in [0, 0.1) is 5.92 Å². The lowest BCUT2D eigenvalue weighted by molar-refractivity contribution is 0.381. The number of benzene rings is 2. The summed E-state index contributed by atoms with van der Waals surface area (Å²) in [5, 5.41) is 0. The molecule has 2 atom stereocenters. The van der Waals surface area contributed by atoms with Crippen molar-refractivity contribution < 1.29 is 0 Å². The van der Waals surface area contributed by atoms with E-state index in [0.29, 0.717) is 5.92 Å². The molecule has 1 aliphatic carbocycles. The highest BCUT2D eigenvalue weighted by Crippen LogP contribution is 2.36. The van der Waals surface area contributed by atoms with Gasteiger partial charge in [0, 0.05) is 15.0 Å². The summed E-state index contributed by atoms with van der Waals surface area (Å²) in [4.78, 5) is 0. The van der Waals surface area contributed by atoms with Gasteiger partial charge >= 0.3 is 0 Å².